The molecule has 0 amide bonds. The van der Waals surface area contributed by atoms with E-state index in [1.54, 1.807) is 6.92 Å². The van der Waals surface area contributed by atoms with Gasteiger partial charge >= 0.3 is 5.08 Å². The predicted octanol–water partition coefficient (Wildman–Crippen LogP) is 2.08. The molecule has 1 aromatic carbocycles. The zero-order valence-electron chi connectivity index (χ0n) is 6.89. The smallest absolute Gasteiger partial charge is 0.258 e. The minimum Gasteiger partial charge on any atom is -0.258 e. The zero-order valence-corrected chi connectivity index (χ0v) is 6.89. The van der Waals surface area contributed by atoms with E-state index in [4.69, 9.17) is 5.39 Å². The summed E-state index contributed by atoms with van der Waals surface area (Å²) in [7, 11) is 0. The number of nitro benzene ring substituents is 1. The van der Waals surface area contributed by atoms with Gasteiger partial charge in [0.25, 0.3) is 11.1 Å². The number of anilines is 1. The Bertz CT molecular complexity index is 383. The van der Waals surface area contributed by atoms with Gasteiger partial charge in [-0.2, -0.15) is 0 Å². The van der Waals surface area contributed by atoms with Gasteiger partial charge in [-0.05, 0) is 24.0 Å². The number of aryl methyl sites for hydroxylation is 1. The lowest BCUT2D eigenvalue weighted by molar-refractivity contribution is -0.384. The molecule has 0 aliphatic carbocycles. The van der Waals surface area contributed by atoms with Gasteiger partial charge in [-0.15, -0.1) is 0 Å². The second-order valence-electron chi connectivity index (χ2n) is 2.47. The molecule has 6 heteroatoms. The van der Waals surface area contributed by atoms with Crippen molar-refractivity contribution in [2.75, 3.05) is 5.43 Å². The summed E-state index contributed by atoms with van der Waals surface area (Å²) in [6, 6.07) is 4.21. The normalized spacial score (nSPS) is 8.92. The van der Waals surface area contributed by atoms with Crippen molar-refractivity contribution in [2.24, 2.45) is 0 Å². The molecule has 0 aliphatic heterocycles. The molecule has 6 nitrogen and oxygen atoms in total. The average molecular weight is 179 g/mol. The summed E-state index contributed by atoms with van der Waals surface area (Å²) < 4.78 is 0. The van der Waals surface area contributed by atoms with Crippen LogP contribution in [0, 0.1) is 22.4 Å². The maximum absolute atomic E-state index is 10.3. The third kappa shape index (κ3) is 1.90. The second kappa shape index (κ2) is 3.49. The number of nitrogens with one attached hydrogen (secondary N) is 1. The molecule has 1 aromatic rings. The van der Waals surface area contributed by atoms with Gasteiger partial charge in [0.2, 0.25) is 0 Å². The van der Waals surface area contributed by atoms with Crippen LogP contribution in [0.25, 0.3) is 5.08 Å². The van der Waals surface area contributed by atoms with Crippen LogP contribution in [-0.4, -0.2) is 4.92 Å². The minimum atomic E-state index is -0.479. The number of nitrogens with zero attached hydrogens (tertiary/aromatic N) is 3. The van der Waals surface area contributed by atoms with E-state index in [0.29, 0.717) is 11.3 Å². The Balaban J connectivity index is 3.07. The molecule has 0 aromatic heterocycles. The Morgan fingerprint density at radius 1 is 1.62 bits per heavy atom. The van der Waals surface area contributed by atoms with E-state index in [1.165, 1.54) is 18.2 Å². The highest BCUT2D eigenvalue weighted by Gasteiger charge is 2.09. The van der Waals surface area contributed by atoms with E-state index in [0.717, 1.165) is 0 Å². The van der Waals surface area contributed by atoms with Crippen molar-refractivity contribution < 1.29 is 4.92 Å². The van der Waals surface area contributed by atoms with E-state index in [9.17, 15) is 10.1 Å². The van der Waals surface area contributed by atoms with Gasteiger partial charge in [0.1, 0.15) is 5.69 Å². The van der Waals surface area contributed by atoms with E-state index in [-0.39, 0.29) is 5.69 Å². The summed E-state index contributed by atoms with van der Waals surface area (Å²) in [5.41, 5.74) is 3.50. The first-order valence-electron chi connectivity index (χ1n) is 3.50. The summed E-state index contributed by atoms with van der Waals surface area (Å²) in [5, 5.41) is 21.3. The summed E-state index contributed by atoms with van der Waals surface area (Å²) >= 11 is 0. The third-order valence-electron chi connectivity index (χ3n) is 1.59. The lowest BCUT2D eigenvalue weighted by Crippen LogP contribution is -1.92. The Labute approximate surface area is 73.9 Å². The molecule has 13 heavy (non-hydrogen) atoms. The van der Waals surface area contributed by atoms with Crippen LogP contribution in [0.2, 0.25) is 0 Å². The molecule has 0 radical (unpaired) electrons. The van der Waals surface area contributed by atoms with Gasteiger partial charge in [-0.1, -0.05) is 0 Å². The number of hydrogen-bond acceptors (Lipinski definition) is 4. The monoisotopic (exact) mass is 179 g/mol. The van der Waals surface area contributed by atoms with Crippen LogP contribution in [-0.2, 0) is 0 Å². The Morgan fingerprint density at radius 2 is 2.31 bits per heavy atom. The number of non-ortho nitro benzene ring substituents is 1. The number of nitro groups is 1. The molecule has 0 bridgehead atoms. The topological polar surface area (TPSA) is 83.3 Å². The van der Waals surface area contributed by atoms with E-state index < -0.39 is 4.92 Å². The molecule has 0 atom stereocenters. The van der Waals surface area contributed by atoms with Crippen LogP contribution in [0.15, 0.2) is 18.2 Å². The van der Waals surface area contributed by atoms with Crippen LogP contribution < -0.4 is 5.43 Å². The predicted molar refractivity (Wildman–Crippen MR) is 46.5 cm³/mol. The van der Waals surface area contributed by atoms with Gasteiger partial charge in [0.15, 0.2) is 0 Å². The average Bonchev–Trinajstić information content (AvgIpc) is 2.08. The van der Waals surface area contributed by atoms with Crippen LogP contribution in [0.4, 0.5) is 11.4 Å². The van der Waals surface area contributed by atoms with Crippen molar-refractivity contribution in [3.05, 3.63) is 39.0 Å². The van der Waals surface area contributed by atoms with E-state index >= 15 is 0 Å². The van der Waals surface area contributed by atoms with E-state index in [2.05, 4.69) is 10.5 Å². The summed E-state index contributed by atoms with van der Waals surface area (Å²) in [6.07, 6.45) is 0. The van der Waals surface area contributed by atoms with Crippen molar-refractivity contribution in [1.29, 1.82) is 5.39 Å². The molecule has 0 saturated carbocycles. The van der Waals surface area contributed by atoms with Gasteiger partial charge in [0.05, 0.1) is 4.92 Å². The van der Waals surface area contributed by atoms with Gasteiger partial charge in [-0.25, -0.2) is 0 Å². The lowest BCUT2D eigenvalue weighted by atomic mass is 10.2. The van der Waals surface area contributed by atoms with Crippen molar-refractivity contribution in [3.63, 3.8) is 0 Å². The first-order valence-corrected chi connectivity index (χ1v) is 3.50. The largest absolute Gasteiger partial charge is 0.308 e. The van der Waals surface area contributed by atoms with Crippen molar-refractivity contribution in [3.8, 4) is 0 Å². The van der Waals surface area contributed by atoms with Crippen LogP contribution >= 0.6 is 0 Å². The summed E-state index contributed by atoms with van der Waals surface area (Å²) in [6.45, 7) is 1.68. The summed E-state index contributed by atoms with van der Waals surface area (Å²) in [5.74, 6) is 0. The first-order chi connectivity index (χ1) is 6.15. The maximum Gasteiger partial charge on any atom is 0.308 e. The lowest BCUT2D eigenvalue weighted by Gasteiger charge is -1.96. The number of diazo groups is 1. The highest BCUT2D eigenvalue weighted by molar-refractivity contribution is 5.55. The molecular formula is C7H7N4O2+. The number of rotatable bonds is 2. The maximum atomic E-state index is 10.3. The quantitative estimate of drug-likeness (QED) is 0.428. The zero-order chi connectivity index (χ0) is 9.84. The highest BCUT2D eigenvalue weighted by atomic mass is 16.6. The van der Waals surface area contributed by atoms with Crippen molar-refractivity contribution >= 4 is 11.4 Å². The molecule has 0 fully saturated rings. The Hall–Kier alpha value is -2.16. The minimum absolute atomic E-state index is 0.0148. The fourth-order valence-corrected chi connectivity index (χ4v) is 0.941. The van der Waals surface area contributed by atoms with Crippen LogP contribution in [0.3, 0.4) is 0 Å². The molecule has 0 aliphatic rings. The first kappa shape index (κ1) is 8.93. The molecule has 1 rings (SSSR count). The molecule has 0 unspecified atom stereocenters. The van der Waals surface area contributed by atoms with Gasteiger partial charge in [0, 0.05) is 12.1 Å². The Morgan fingerprint density at radius 3 is 2.77 bits per heavy atom. The van der Waals surface area contributed by atoms with Crippen LogP contribution in [0.1, 0.15) is 5.56 Å². The molecule has 1 N–H and O–H groups in total. The molecule has 0 spiro atoms. The van der Waals surface area contributed by atoms with Gasteiger partial charge < -0.3 is 0 Å². The van der Waals surface area contributed by atoms with E-state index in [1.807, 2.05) is 0 Å². The molecule has 0 saturated heterocycles. The van der Waals surface area contributed by atoms with Gasteiger partial charge in [-0.3, -0.25) is 10.1 Å². The third-order valence-corrected chi connectivity index (χ3v) is 1.59. The SMILES string of the molecule is Cc1cc([N+](=O)[O-])ccc1N[N+]#N. The highest BCUT2D eigenvalue weighted by Crippen LogP contribution is 2.20. The molecular weight excluding hydrogens is 172 g/mol. The second-order valence-corrected chi connectivity index (χ2v) is 2.47. The molecule has 0 heterocycles. The Kier molecular flexibility index (Phi) is 2.40. The van der Waals surface area contributed by atoms with Crippen LogP contribution in [0.5, 0.6) is 0 Å². The number of benzene rings is 1. The summed E-state index contributed by atoms with van der Waals surface area (Å²) in [4.78, 5) is 9.86. The van der Waals surface area contributed by atoms with Crippen molar-refractivity contribution in [2.45, 2.75) is 6.92 Å². The molecule has 66 valence electrons. The fraction of sp³-hybridized carbons (Fsp3) is 0.143. The number of hydrogen-bond donors (Lipinski definition) is 1. The van der Waals surface area contributed by atoms with Crippen molar-refractivity contribution in [1.82, 2.24) is 0 Å². The standard InChI is InChI=1S/C7H7N4O2/c1-5-4-6(11(12)13)2-3-7(5)9-10-8/h2-4,9H,1H3/q+1. The fourth-order valence-electron chi connectivity index (χ4n) is 0.941.